The van der Waals surface area contributed by atoms with Crippen LogP contribution in [-0.4, -0.2) is 11.5 Å². The Morgan fingerprint density at radius 1 is 1.05 bits per heavy atom. The first-order valence-electron chi connectivity index (χ1n) is 6.23. The standard InChI is InChI=1S/C15H16Br2N2/c16-13-5-6-14(19-10-13)8-11(9-18)7-12-3-1-2-4-15(12)17/h1-6,10-11H,7-9,18H2. The van der Waals surface area contributed by atoms with Gasteiger partial charge in [-0.2, -0.15) is 0 Å². The van der Waals surface area contributed by atoms with Gasteiger partial charge in [0.25, 0.3) is 0 Å². The van der Waals surface area contributed by atoms with Gasteiger partial charge in [0.15, 0.2) is 0 Å². The van der Waals surface area contributed by atoms with E-state index in [2.05, 4.69) is 55.0 Å². The average Bonchev–Trinajstić information content (AvgIpc) is 2.43. The normalized spacial score (nSPS) is 12.4. The Morgan fingerprint density at radius 3 is 2.47 bits per heavy atom. The van der Waals surface area contributed by atoms with Crippen LogP contribution in [0.15, 0.2) is 51.5 Å². The summed E-state index contributed by atoms with van der Waals surface area (Å²) in [6.07, 6.45) is 3.71. The van der Waals surface area contributed by atoms with Crippen LogP contribution >= 0.6 is 31.9 Å². The number of halogens is 2. The van der Waals surface area contributed by atoms with Crippen molar-refractivity contribution in [3.63, 3.8) is 0 Å². The van der Waals surface area contributed by atoms with Gasteiger partial charge in [-0.1, -0.05) is 34.1 Å². The number of rotatable bonds is 5. The molecule has 2 nitrogen and oxygen atoms in total. The second kappa shape index (κ2) is 7.17. The molecule has 4 heteroatoms. The largest absolute Gasteiger partial charge is 0.330 e. The van der Waals surface area contributed by atoms with Gasteiger partial charge in [-0.15, -0.1) is 0 Å². The quantitative estimate of drug-likeness (QED) is 0.848. The van der Waals surface area contributed by atoms with E-state index in [4.69, 9.17) is 5.73 Å². The van der Waals surface area contributed by atoms with Crippen molar-refractivity contribution in [1.29, 1.82) is 0 Å². The van der Waals surface area contributed by atoms with Gasteiger partial charge in [0.2, 0.25) is 0 Å². The maximum absolute atomic E-state index is 5.90. The van der Waals surface area contributed by atoms with E-state index in [1.807, 2.05) is 24.4 Å². The predicted octanol–water partition coefficient (Wildman–Crippen LogP) is 3.97. The number of hydrogen-bond acceptors (Lipinski definition) is 2. The smallest absolute Gasteiger partial charge is 0.0413 e. The molecule has 2 aromatic rings. The van der Waals surface area contributed by atoms with E-state index in [-0.39, 0.29) is 0 Å². The van der Waals surface area contributed by atoms with Crippen LogP contribution in [0.25, 0.3) is 0 Å². The molecule has 2 rings (SSSR count). The Hall–Kier alpha value is -0.710. The Kier molecular flexibility index (Phi) is 5.55. The average molecular weight is 384 g/mol. The molecule has 1 atom stereocenters. The summed E-state index contributed by atoms with van der Waals surface area (Å²) in [6.45, 7) is 0.666. The van der Waals surface area contributed by atoms with Crippen molar-refractivity contribution in [3.8, 4) is 0 Å². The number of benzene rings is 1. The van der Waals surface area contributed by atoms with E-state index in [0.717, 1.165) is 27.5 Å². The third-order valence-corrected chi connectivity index (χ3v) is 4.33. The summed E-state index contributed by atoms with van der Waals surface area (Å²) in [6, 6.07) is 12.4. The second-order valence-corrected chi connectivity index (χ2v) is 6.34. The van der Waals surface area contributed by atoms with Crippen molar-refractivity contribution in [2.45, 2.75) is 12.8 Å². The lowest BCUT2D eigenvalue weighted by atomic mass is 9.94. The van der Waals surface area contributed by atoms with Gasteiger partial charge < -0.3 is 5.73 Å². The topological polar surface area (TPSA) is 38.9 Å². The van der Waals surface area contributed by atoms with Crippen molar-refractivity contribution in [3.05, 3.63) is 62.8 Å². The maximum atomic E-state index is 5.90. The lowest BCUT2D eigenvalue weighted by Gasteiger charge is -2.15. The molecule has 19 heavy (non-hydrogen) atoms. The highest BCUT2D eigenvalue weighted by Crippen LogP contribution is 2.21. The van der Waals surface area contributed by atoms with Gasteiger partial charge in [0, 0.05) is 20.8 Å². The molecule has 0 saturated heterocycles. The van der Waals surface area contributed by atoms with Gasteiger partial charge in [-0.3, -0.25) is 4.98 Å². The SMILES string of the molecule is NCC(Cc1ccc(Br)cn1)Cc1ccccc1Br. The zero-order valence-electron chi connectivity index (χ0n) is 10.5. The number of nitrogens with two attached hydrogens (primary N) is 1. The molecule has 0 radical (unpaired) electrons. The molecule has 0 fully saturated rings. The molecule has 0 spiro atoms. The highest BCUT2D eigenvalue weighted by Gasteiger charge is 2.11. The minimum absolute atomic E-state index is 0.410. The van der Waals surface area contributed by atoms with Gasteiger partial charge in [0.05, 0.1) is 0 Å². The third kappa shape index (κ3) is 4.41. The van der Waals surface area contributed by atoms with Crippen LogP contribution in [0.1, 0.15) is 11.3 Å². The van der Waals surface area contributed by atoms with Crippen LogP contribution in [-0.2, 0) is 12.8 Å². The number of aromatic nitrogens is 1. The van der Waals surface area contributed by atoms with Crippen LogP contribution in [0.5, 0.6) is 0 Å². The lowest BCUT2D eigenvalue weighted by molar-refractivity contribution is 0.526. The molecule has 0 saturated carbocycles. The van der Waals surface area contributed by atoms with Crippen LogP contribution in [0, 0.1) is 5.92 Å². The van der Waals surface area contributed by atoms with E-state index in [1.54, 1.807) is 0 Å². The summed E-state index contributed by atoms with van der Waals surface area (Å²) in [4.78, 5) is 4.42. The number of hydrogen-bond donors (Lipinski definition) is 1. The zero-order chi connectivity index (χ0) is 13.7. The molecule has 0 aliphatic rings. The minimum atomic E-state index is 0.410. The first-order chi connectivity index (χ1) is 9.19. The van der Waals surface area contributed by atoms with Crippen molar-refractivity contribution in [1.82, 2.24) is 4.98 Å². The highest BCUT2D eigenvalue weighted by atomic mass is 79.9. The summed E-state index contributed by atoms with van der Waals surface area (Å²) in [5.41, 5.74) is 8.29. The first-order valence-corrected chi connectivity index (χ1v) is 7.81. The summed E-state index contributed by atoms with van der Waals surface area (Å²) in [7, 11) is 0. The summed E-state index contributed by atoms with van der Waals surface area (Å²) in [5.74, 6) is 0.410. The summed E-state index contributed by atoms with van der Waals surface area (Å²) < 4.78 is 2.16. The van der Waals surface area contributed by atoms with Crippen LogP contribution in [0.4, 0.5) is 0 Å². The predicted molar refractivity (Wildman–Crippen MR) is 86.0 cm³/mol. The molecule has 1 unspecified atom stereocenters. The van der Waals surface area contributed by atoms with Gasteiger partial charge in [-0.25, -0.2) is 0 Å². The molecule has 0 aliphatic heterocycles. The minimum Gasteiger partial charge on any atom is -0.330 e. The maximum Gasteiger partial charge on any atom is 0.0413 e. The first kappa shape index (κ1) is 14.7. The van der Waals surface area contributed by atoms with Gasteiger partial charge in [-0.05, 0) is 65.0 Å². The van der Waals surface area contributed by atoms with E-state index in [9.17, 15) is 0 Å². The Labute approximate surface area is 130 Å². The van der Waals surface area contributed by atoms with E-state index in [1.165, 1.54) is 5.56 Å². The summed E-state index contributed by atoms with van der Waals surface area (Å²) >= 11 is 6.98. The van der Waals surface area contributed by atoms with Crippen LogP contribution < -0.4 is 5.73 Å². The summed E-state index contributed by atoms with van der Waals surface area (Å²) in [5, 5.41) is 0. The van der Waals surface area contributed by atoms with Crippen molar-refractivity contribution < 1.29 is 0 Å². The number of pyridine rings is 1. The Morgan fingerprint density at radius 2 is 1.84 bits per heavy atom. The van der Waals surface area contributed by atoms with E-state index in [0.29, 0.717) is 12.5 Å². The fourth-order valence-electron chi connectivity index (χ4n) is 2.04. The van der Waals surface area contributed by atoms with Crippen molar-refractivity contribution >= 4 is 31.9 Å². The van der Waals surface area contributed by atoms with Crippen LogP contribution in [0.3, 0.4) is 0 Å². The molecular weight excluding hydrogens is 368 g/mol. The second-order valence-electron chi connectivity index (χ2n) is 4.57. The van der Waals surface area contributed by atoms with E-state index < -0.39 is 0 Å². The zero-order valence-corrected chi connectivity index (χ0v) is 13.7. The lowest BCUT2D eigenvalue weighted by Crippen LogP contribution is -2.20. The Bertz CT molecular complexity index is 526. The fraction of sp³-hybridized carbons (Fsp3) is 0.267. The van der Waals surface area contributed by atoms with Gasteiger partial charge in [0.1, 0.15) is 0 Å². The highest BCUT2D eigenvalue weighted by molar-refractivity contribution is 9.10. The third-order valence-electron chi connectivity index (χ3n) is 3.09. The van der Waals surface area contributed by atoms with Crippen molar-refractivity contribution in [2.75, 3.05) is 6.54 Å². The molecule has 1 heterocycles. The molecule has 0 aliphatic carbocycles. The Balaban J connectivity index is 2.05. The molecule has 0 amide bonds. The molecular formula is C15H16Br2N2. The molecule has 1 aromatic carbocycles. The van der Waals surface area contributed by atoms with Crippen molar-refractivity contribution in [2.24, 2.45) is 11.7 Å². The molecule has 1 aromatic heterocycles. The van der Waals surface area contributed by atoms with Crippen LogP contribution in [0.2, 0.25) is 0 Å². The van der Waals surface area contributed by atoms with Gasteiger partial charge >= 0.3 is 0 Å². The molecule has 2 N–H and O–H groups in total. The number of nitrogens with zero attached hydrogens (tertiary/aromatic N) is 1. The van der Waals surface area contributed by atoms with E-state index >= 15 is 0 Å². The molecule has 100 valence electrons. The fourth-order valence-corrected chi connectivity index (χ4v) is 2.72. The molecule has 0 bridgehead atoms. The monoisotopic (exact) mass is 382 g/mol.